The number of hydrogen-bond donors (Lipinski definition) is 1. The summed E-state index contributed by atoms with van der Waals surface area (Å²) >= 11 is 0. The zero-order chi connectivity index (χ0) is 13.2. The van der Waals surface area contributed by atoms with Crippen molar-refractivity contribution in [2.24, 2.45) is 0 Å². The summed E-state index contributed by atoms with van der Waals surface area (Å²) < 4.78 is 5.69. The van der Waals surface area contributed by atoms with Crippen molar-refractivity contribution in [1.82, 2.24) is 4.90 Å². The molecule has 2 heterocycles. The maximum atomic E-state index is 6.10. The Morgan fingerprint density at radius 1 is 1.26 bits per heavy atom. The molecule has 0 saturated carbocycles. The van der Waals surface area contributed by atoms with Crippen LogP contribution in [-0.4, -0.2) is 24.5 Å². The molecule has 2 aromatic rings. The summed E-state index contributed by atoms with van der Waals surface area (Å²) in [7, 11) is 0. The number of piperidine rings is 1. The molecule has 1 aromatic heterocycles. The zero-order valence-corrected chi connectivity index (χ0v) is 11.6. The minimum absolute atomic E-state index is 0.553. The fourth-order valence-electron chi connectivity index (χ4n) is 3.27. The van der Waals surface area contributed by atoms with Crippen LogP contribution in [0.2, 0.25) is 0 Å². The molecule has 1 fully saturated rings. The van der Waals surface area contributed by atoms with Gasteiger partial charge in [0, 0.05) is 10.9 Å². The molecule has 1 aromatic carbocycles. The summed E-state index contributed by atoms with van der Waals surface area (Å²) in [6, 6.07) is 8.19. The highest BCUT2D eigenvalue weighted by Gasteiger charge is 2.25. The Bertz CT molecular complexity index is 553. The van der Waals surface area contributed by atoms with Gasteiger partial charge in [-0.1, -0.05) is 25.1 Å². The summed E-state index contributed by atoms with van der Waals surface area (Å²) in [4.78, 5) is 2.55. The van der Waals surface area contributed by atoms with E-state index in [1.807, 2.05) is 12.1 Å². The monoisotopic (exact) mass is 258 g/mol. The van der Waals surface area contributed by atoms with Gasteiger partial charge >= 0.3 is 0 Å². The fourth-order valence-corrected chi connectivity index (χ4v) is 3.27. The topological polar surface area (TPSA) is 42.4 Å². The Balaban J connectivity index is 1.83. The fraction of sp³-hybridized carbons (Fsp3) is 0.500. The van der Waals surface area contributed by atoms with Crippen LogP contribution in [0.15, 0.2) is 28.7 Å². The number of nitrogen functional groups attached to an aromatic ring is 1. The van der Waals surface area contributed by atoms with Gasteiger partial charge in [0.25, 0.3) is 0 Å². The first-order chi connectivity index (χ1) is 9.29. The van der Waals surface area contributed by atoms with Gasteiger partial charge in [0.15, 0.2) is 5.88 Å². The highest BCUT2D eigenvalue weighted by Crippen LogP contribution is 2.38. The molecular weight excluding hydrogens is 236 g/mol. The Kier molecular flexibility index (Phi) is 3.47. The number of anilines is 1. The van der Waals surface area contributed by atoms with Gasteiger partial charge in [-0.15, -0.1) is 0 Å². The molecule has 3 rings (SSSR count). The summed E-state index contributed by atoms with van der Waals surface area (Å²) in [6.07, 6.45) is 3.61. The van der Waals surface area contributed by atoms with Crippen molar-refractivity contribution in [2.75, 3.05) is 25.4 Å². The van der Waals surface area contributed by atoms with E-state index in [1.165, 1.54) is 49.8 Å². The standard InChI is InChI=1S/C16H22N2O/c1-2-9-18-10-7-12(8-11-18)15-13-5-3-4-6-14(13)19-16(15)17/h3-6,12H,2,7-11,17H2,1H3. The molecule has 1 aliphatic rings. The largest absolute Gasteiger partial charge is 0.441 e. The maximum Gasteiger partial charge on any atom is 0.195 e. The lowest BCUT2D eigenvalue weighted by Crippen LogP contribution is -2.33. The number of nitrogens with zero attached hydrogens (tertiary/aromatic N) is 1. The molecule has 3 heteroatoms. The van der Waals surface area contributed by atoms with E-state index in [0.717, 1.165) is 5.58 Å². The first kappa shape index (κ1) is 12.5. The molecule has 3 nitrogen and oxygen atoms in total. The molecule has 0 bridgehead atoms. The second kappa shape index (κ2) is 5.25. The van der Waals surface area contributed by atoms with Gasteiger partial charge < -0.3 is 15.1 Å². The normalized spacial score (nSPS) is 18.2. The second-order valence-electron chi connectivity index (χ2n) is 5.49. The minimum atomic E-state index is 0.553. The smallest absolute Gasteiger partial charge is 0.195 e. The molecule has 0 atom stereocenters. The first-order valence-electron chi connectivity index (χ1n) is 7.29. The van der Waals surface area contributed by atoms with Crippen molar-refractivity contribution in [1.29, 1.82) is 0 Å². The maximum absolute atomic E-state index is 6.10. The molecule has 0 radical (unpaired) electrons. The second-order valence-corrected chi connectivity index (χ2v) is 5.49. The zero-order valence-electron chi connectivity index (χ0n) is 11.6. The van der Waals surface area contributed by atoms with E-state index < -0.39 is 0 Å². The van der Waals surface area contributed by atoms with Gasteiger partial charge in [0.2, 0.25) is 0 Å². The van der Waals surface area contributed by atoms with Gasteiger partial charge in [0.1, 0.15) is 5.58 Å². The van der Waals surface area contributed by atoms with E-state index in [0.29, 0.717) is 11.8 Å². The average Bonchev–Trinajstić information content (AvgIpc) is 2.76. The molecular formula is C16H22N2O. The van der Waals surface area contributed by atoms with E-state index in [2.05, 4.69) is 24.0 Å². The van der Waals surface area contributed by atoms with Crippen LogP contribution in [0, 0.1) is 0 Å². The number of para-hydroxylation sites is 1. The van der Waals surface area contributed by atoms with E-state index in [-0.39, 0.29) is 0 Å². The lowest BCUT2D eigenvalue weighted by atomic mass is 9.88. The number of furan rings is 1. The number of likely N-dealkylation sites (tertiary alicyclic amines) is 1. The van der Waals surface area contributed by atoms with Crippen LogP contribution in [0.4, 0.5) is 5.88 Å². The van der Waals surface area contributed by atoms with E-state index in [1.54, 1.807) is 0 Å². The van der Waals surface area contributed by atoms with E-state index >= 15 is 0 Å². The SMILES string of the molecule is CCCN1CCC(c2c(N)oc3ccccc23)CC1. The highest BCUT2D eigenvalue weighted by molar-refractivity contribution is 5.86. The number of fused-ring (bicyclic) bond motifs is 1. The van der Waals surface area contributed by atoms with Crippen LogP contribution in [0.5, 0.6) is 0 Å². The lowest BCUT2D eigenvalue weighted by molar-refractivity contribution is 0.213. The molecule has 0 unspecified atom stereocenters. The van der Waals surface area contributed by atoms with Crippen LogP contribution < -0.4 is 5.73 Å². The molecule has 1 aliphatic heterocycles. The van der Waals surface area contributed by atoms with Crippen molar-refractivity contribution in [3.05, 3.63) is 29.8 Å². The third-order valence-corrected chi connectivity index (χ3v) is 4.20. The Morgan fingerprint density at radius 3 is 2.74 bits per heavy atom. The van der Waals surface area contributed by atoms with Crippen molar-refractivity contribution < 1.29 is 4.42 Å². The Hall–Kier alpha value is -1.48. The summed E-state index contributed by atoms with van der Waals surface area (Å²) in [5.41, 5.74) is 8.26. The molecule has 19 heavy (non-hydrogen) atoms. The van der Waals surface area contributed by atoms with Crippen LogP contribution >= 0.6 is 0 Å². The third-order valence-electron chi connectivity index (χ3n) is 4.20. The number of rotatable bonds is 3. The van der Waals surface area contributed by atoms with E-state index in [4.69, 9.17) is 10.2 Å². The quantitative estimate of drug-likeness (QED) is 0.914. The molecule has 0 amide bonds. The van der Waals surface area contributed by atoms with Crippen LogP contribution in [0.1, 0.15) is 37.7 Å². The van der Waals surface area contributed by atoms with Crippen molar-refractivity contribution in [3.8, 4) is 0 Å². The molecule has 0 spiro atoms. The van der Waals surface area contributed by atoms with Crippen LogP contribution in [0.3, 0.4) is 0 Å². The highest BCUT2D eigenvalue weighted by atomic mass is 16.3. The van der Waals surface area contributed by atoms with Crippen molar-refractivity contribution in [3.63, 3.8) is 0 Å². The van der Waals surface area contributed by atoms with Crippen LogP contribution in [-0.2, 0) is 0 Å². The van der Waals surface area contributed by atoms with E-state index in [9.17, 15) is 0 Å². The summed E-state index contributed by atoms with van der Waals surface area (Å²) in [5, 5.41) is 1.20. The number of hydrogen-bond acceptors (Lipinski definition) is 3. The van der Waals surface area contributed by atoms with Gasteiger partial charge in [0.05, 0.1) is 0 Å². The summed E-state index contributed by atoms with van der Waals surface area (Å²) in [6.45, 7) is 5.82. The first-order valence-corrected chi connectivity index (χ1v) is 7.29. The van der Waals surface area contributed by atoms with Gasteiger partial charge in [-0.3, -0.25) is 0 Å². The average molecular weight is 258 g/mol. The van der Waals surface area contributed by atoms with Gasteiger partial charge in [-0.25, -0.2) is 0 Å². The van der Waals surface area contributed by atoms with Gasteiger partial charge in [-0.05, 0) is 50.9 Å². The minimum Gasteiger partial charge on any atom is -0.441 e. The molecule has 2 N–H and O–H groups in total. The van der Waals surface area contributed by atoms with Crippen LogP contribution in [0.25, 0.3) is 11.0 Å². The third kappa shape index (κ3) is 2.35. The molecule has 0 aliphatic carbocycles. The predicted octanol–water partition coefficient (Wildman–Crippen LogP) is 3.60. The summed E-state index contributed by atoms with van der Waals surface area (Å²) in [5.74, 6) is 1.17. The molecule has 1 saturated heterocycles. The lowest BCUT2D eigenvalue weighted by Gasteiger charge is -2.31. The number of nitrogens with two attached hydrogens (primary N) is 1. The Morgan fingerprint density at radius 2 is 2.00 bits per heavy atom. The Labute approximate surface area is 114 Å². The van der Waals surface area contributed by atoms with Crippen molar-refractivity contribution in [2.45, 2.75) is 32.1 Å². The number of benzene rings is 1. The predicted molar refractivity (Wildman–Crippen MR) is 79.3 cm³/mol. The molecule has 102 valence electrons. The van der Waals surface area contributed by atoms with Gasteiger partial charge in [-0.2, -0.15) is 0 Å². The van der Waals surface area contributed by atoms with Crippen molar-refractivity contribution >= 4 is 16.9 Å².